The smallest absolute Gasteiger partial charge is 0.286 e. The zero-order chi connectivity index (χ0) is 14.0. The number of halogens is 1. The van der Waals surface area contributed by atoms with E-state index in [0.717, 1.165) is 22.9 Å². The molecule has 0 atom stereocenters. The van der Waals surface area contributed by atoms with Gasteiger partial charge in [0.05, 0.1) is 0 Å². The first-order chi connectivity index (χ1) is 8.97. The molecule has 1 aliphatic carbocycles. The van der Waals surface area contributed by atoms with Gasteiger partial charge in [0, 0.05) is 23.8 Å². The van der Waals surface area contributed by atoms with Gasteiger partial charge in [0.15, 0.2) is 0 Å². The largest absolute Gasteiger partial charge is 0.345 e. The average molecular weight is 326 g/mol. The van der Waals surface area contributed by atoms with Crippen molar-refractivity contribution in [1.82, 2.24) is 15.4 Å². The number of rotatable bonds is 3. The highest BCUT2D eigenvalue weighted by atomic mass is 79.9. The van der Waals surface area contributed by atoms with Gasteiger partial charge >= 0.3 is 0 Å². The van der Waals surface area contributed by atoms with E-state index in [1.807, 2.05) is 6.92 Å². The first-order valence-corrected chi connectivity index (χ1v) is 6.87. The molecule has 6 heteroatoms. The average Bonchev–Trinajstić information content (AvgIpc) is 3.12. The number of carbonyl (C=O) groups excluding carboxylic acids is 2. The van der Waals surface area contributed by atoms with E-state index in [4.69, 9.17) is 0 Å². The van der Waals surface area contributed by atoms with Crippen LogP contribution in [0.15, 0.2) is 28.4 Å². The molecule has 0 radical (unpaired) electrons. The van der Waals surface area contributed by atoms with E-state index in [1.54, 1.807) is 30.0 Å². The van der Waals surface area contributed by atoms with Crippen LogP contribution in [0.2, 0.25) is 0 Å². The number of aryl methyl sites for hydroxylation is 1. The molecule has 0 spiro atoms. The third kappa shape index (κ3) is 3.70. The summed E-state index contributed by atoms with van der Waals surface area (Å²) in [6.45, 7) is 1.94. The highest BCUT2D eigenvalue weighted by molar-refractivity contribution is 9.10. The minimum absolute atomic E-state index is 0.300. The lowest BCUT2D eigenvalue weighted by Crippen LogP contribution is -2.41. The normalized spacial score (nSPS) is 15.2. The van der Waals surface area contributed by atoms with Crippen molar-refractivity contribution in [1.29, 1.82) is 0 Å². The summed E-state index contributed by atoms with van der Waals surface area (Å²) in [6, 6.07) is 1.69. The summed E-state index contributed by atoms with van der Waals surface area (Å²) in [5.41, 5.74) is 6.31. The zero-order valence-corrected chi connectivity index (χ0v) is 12.5. The minimum Gasteiger partial charge on any atom is -0.345 e. The van der Waals surface area contributed by atoms with Gasteiger partial charge in [0.2, 0.25) is 0 Å². The van der Waals surface area contributed by atoms with Crippen molar-refractivity contribution in [3.63, 3.8) is 0 Å². The molecule has 102 valence electrons. The Morgan fingerprint density at radius 3 is 2.63 bits per heavy atom. The molecule has 0 unspecified atom stereocenters. The second kappa shape index (κ2) is 5.61. The fourth-order valence-corrected chi connectivity index (χ4v) is 2.36. The molecule has 1 heterocycles. The van der Waals surface area contributed by atoms with Crippen molar-refractivity contribution in [2.24, 2.45) is 13.0 Å². The SMILES string of the molecule is C/C(=C/C(=O)NNC(=O)c1cc(Br)cn1C)C1CC1. The van der Waals surface area contributed by atoms with Gasteiger partial charge < -0.3 is 4.57 Å². The molecule has 1 fully saturated rings. The van der Waals surface area contributed by atoms with E-state index >= 15 is 0 Å². The molecule has 2 rings (SSSR count). The third-order valence-corrected chi connectivity index (χ3v) is 3.52. The van der Waals surface area contributed by atoms with Crippen LogP contribution in [0.5, 0.6) is 0 Å². The number of hydrogen-bond acceptors (Lipinski definition) is 2. The Kier molecular flexibility index (Phi) is 4.09. The molecular weight excluding hydrogens is 310 g/mol. The van der Waals surface area contributed by atoms with Crippen LogP contribution in [-0.2, 0) is 11.8 Å². The highest BCUT2D eigenvalue weighted by Crippen LogP contribution is 2.35. The third-order valence-electron chi connectivity index (χ3n) is 3.08. The molecule has 1 aromatic heterocycles. The predicted molar refractivity (Wildman–Crippen MR) is 75.2 cm³/mol. The van der Waals surface area contributed by atoms with Gasteiger partial charge in [-0.1, -0.05) is 5.57 Å². The molecule has 1 aromatic rings. The van der Waals surface area contributed by atoms with Crippen LogP contribution in [-0.4, -0.2) is 16.4 Å². The molecule has 0 saturated heterocycles. The Morgan fingerprint density at radius 1 is 1.42 bits per heavy atom. The summed E-state index contributed by atoms with van der Waals surface area (Å²) in [5, 5.41) is 0. The second-order valence-electron chi connectivity index (χ2n) is 4.76. The fraction of sp³-hybridized carbons (Fsp3) is 0.385. The number of nitrogens with one attached hydrogen (secondary N) is 2. The van der Waals surface area contributed by atoms with Gasteiger partial charge in [-0.2, -0.15) is 0 Å². The van der Waals surface area contributed by atoms with Gasteiger partial charge in [-0.25, -0.2) is 0 Å². The maximum Gasteiger partial charge on any atom is 0.286 e. The minimum atomic E-state index is -0.348. The Balaban J connectivity index is 1.88. The predicted octanol–water partition coefficient (Wildman–Crippen LogP) is 1.90. The Labute approximate surface area is 120 Å². The molecule has 0 aromatic carbocycles. The lowest BCUT2D eigenvalue weighted by Gasteiger charge is -2.06. The van der Waals surface area contributed by atoms with Gasteiger partial charge in [-0.3, -0.25) is 20.4 Å². The number of aromatic nitrogens is 1. The Hall–Kier alpha value is -1.56. The lowest BCUT2D eigenvalue weighted by atomic mass is 10.2. The number of hydrazine groups is 1. The number of amides is 2. The lowest BCUT2D eigenvalue weighted by molar-refractivity contribution is -0.117. The van der Waals surface area contributed by atoms with Crippen molar-refractivity contribution in [2.45, 2.75) is 19.8 Å². The van der Waals surface area contributed by atoms with E-state index in [1.165, 1.54) is 0 Å². The van der Waals surface area contributed by atoms with Gasteiger partial charge in [0.25, 0.3) is 11.8 Å². The van der Waals surface area contributed by atoms with Crippen LogP contribution in [0, 0.1) is 5.92 Å². The molecule has 5 nitrogen and oxygen atoms in total. The van der Waals surface area contributed by atoms with Crippen molar-refractivity contribution in [2.75, 3.05) is 0 Å². The molecule has 2 N–H and O–H groups in total. The second-order valence-corrected chi connectivity index (χ2v) is 5.68. The fourth-order valence-electron chi connectivity index (χ4n) is 1.83. The van der Waals surface area contributed by atoms with E-state index in [-0.39, 0.29) is 11.8 Å². The molecule has 19 heavy (non-hydrogen) atoms. The number of allylic oxidation sites excluding steroid dienone is 1. The summed E-state index contributed by atoms with van der Waals surface area (Å²) in [4.78, 5) is 23.4. The van der Waals surface area contributed by atoms with E-state index in [9.17, 15) is 9.59 Å². The van der Waals surface area contributed by atoms with Crippen LogP contribution in [0.25, 0.3) is 0 Å². The van der Waals surface area contributed by atoms with Crippen molar-refractivity contribution in [3.8, 4) is 0 Å². The van der Waals surface area contributed by atoms with Crippen LogP contribution in [0.4, 0.5) is 0 Å². The summed E-state index contributed by atoms with van der Waals surface area (Å²) in [6.07, 6.45) is 5.62. The zero-order valence-electron chi connectivity index (χ0n) is 10.9. The standard InChI is InChI=1S/C13H16BrN3O2/c1-8(9-3-4-9)5-12(18)15-16-13(19)11-6-10(14)7-17(11)2/h5-7,9H,3-4H2,1-2H3,(H,15,18)(H,16,19)/b8-5-. The van der Waals surface area contributed by atoms with Crippen LogP contribution >= 0.6 is 15.9 Å². The van der Waals surface area contributed by atoms with E-state index in [2.05, 4.69) is 26.8 Å². The molecule has 1 aliphatic rings. The van der Waals surface area contributed by atoms with Gasteiger partial charge in [-0.15, -0.1) is 0 Å². The van der Waals surface area contributed by atoms with Crippen molar-refractivity contribution < 1.29 is 9.59 Å². The van der Waals surface area contributed by atoms with E-state index < -0.39 is 0 Å². The molecule has 1 saturated carbocycles. The Morgan fingerprint density at radius 2 is 2.11 bits per heavy atom. The number of hydrogen-bond donors (Lipinski definition) is 2. The maximum absolute atomic E-state index is 11.8. The first-order valence-electron chi connectivity index (χ1n) is 6.07. The molecular formula is C13H16BrN3O2. The first kappa shape index (κ1) is 13.9. The number of carbonyl (C=O) groups is 2. The summed E-state index contributed by atoms with van der Waals surface area (Å²) in [5.74, 6) is -0.102. The van der Waals surface area contributed by atoms with Gasteiger partial charge in [-0.05, 0) is 47.7 Å². The topological polar surface area (TPSA) is 63.1 Å². The van der Waals surface area contributed by atoms with Crippen LogP contribution in [0.3, 0.4) is 0 Å². The van der Waals surface area contributed by atoms with Gasteiger partial charge in [0.1, 0.15) is 5.69 Å². The quantitative estimate of drug-likeness (QED) is 0.658. The van der Waals surface area contributed by atoms with E-state index in [0.29, 0.717) is 11.6 Å². The molecule has 0 aliphatic heterocycles. The molecule has 0 bridgehead atoms. The Bertz CT molecular complexity index is 544. The summed E-state index contributed by atoms with van der Waals surface area (Å²) < 4.78 is 2.49. The van der Waals surface area contributed by atoms with Crippen LogP contribution < -0.4 is 10.9 Å². The van der Waals surface area contributed by atoms with Crippen LogP contribution in [0.1, 0.15) is 30.3 Å². The van der Waals surface area contributed by atoms with Crippen molar-refractivity contribution in [3.05, 3.63) is 34.1 Å². The highest BCUT2D eigenvalue weighted by Gasteiger charge is 2.23. The summed E-state index contributed by atoms with van der Waals surface area (Å²) >= 11 is 3.29. The monoisotopic (exact) mass is 325 g/mol. The maximum atomic E-state index is 11.8. The molecule has 2 amide bonds. The van der Waals surface area contributed by atoms with Crippen molar-refractivity contribution >= 4 is 27.7 Å². The summed E-state index contributed by atoms with van der Waals surface area (Å²) in [7, 11) is 1.76. The number of nitrogens with zero attached hydrogens (tertiary/aromatic N) is 1.